The summed E-state index contributed by atoms with van der Waals surface area (Å²) in [5.74, 6) is -0.0353. The Labute approximate surface area is 177 Å². The van der Waals surface area contributed by atoms with E-state index in [-0.39, 0.29) is 5.91 Å². The highest BCUT2D eigenvalue weighted by molar-refractivity contribution is 8.18. The maximum Gasteiger partial charge on any atom is 0.266 e. The van der Waals surface area contributed by atoms with Crippen LogP contribution in [0.5, 0.6) is 0 Å². The molecule has 0 N–H and O–H groups in total. The van der Waals surface area contributed by atoms with Crippen molar-refractivity contribution in [2.24, 2.45) is 4.99 Å². The van der Waals surface area contributed by atoms with Gasteiger partial charge in [-0.1, -0.05) is 47.5 Å². The number of rotatable bonds is 3. The predicted molar refractivity (Wildman–Crippen MR) is 119 cm³/mol. The van der Waals surface area contributed by atoms with Crippen LogP contribution in [-0.4, -0.2) is 34.6 Å². The molecule has 3 aromatic rings. The van der Waals surface area contributed by atoms with Gasteiger partial charge in [-0.2, -0.15) is 0 Å². The topological polar surface area (TPSA) is 37.6 Å². The third-order valence-corrected chi connectivity index (χ3v) is 6.53. The number of aromatic nitrogens is 1. The summed E-state index contributed by atoms with van der Waals surface area (Å²) in [4.78, 5) is 18.9. The standard InChI is InChI=1S/C21H17Cl2N3OS/c1-24-21-25(2)20(27)19(28-21)10-14-12-26(18-6-4-3-5-15(14)18)11-13-7-8-16(22)17(23)9-13/h3-10,12H,11H2,1-2H3/b19-10-,24-21?. The largest absolute Gasteiger partial charge is 0.342 e. The van der Waals surface area contributed by atoms with Crippen molar-refractivity contribution in [3.05, 3.63) is 74.7 Å². The van der Waals surface area contributed by atoms with E-state index in [1.165, 1.54) is 11.8 Å². The monoisotopic (exact) mass is 429 g/mol. The second-order valence-corrected chi connectivity index (χ2v) is 8.28. The number of halogens is 2. The van der Waals surface area contributed by atoms with Gasteiger partial charge in [0.15, 0.2) is 5.17 Å². The number of hydrogen-bond donors (Lipinski definition) is 0. The van der Waals surface area contributed by atoms with Crippen LogP contribution in [0.15, 0.2) is 58.6 Å². The molecule has 142 valence electrons. The Morgan fingerprint density at radius 1 is 1.14 bits per heavy atom. The van der Waals surface area contributed by atoms with Crippen LogP contribution in [0, 0.1) is 0 Å². The number of amides is 1. The number of carbonyl (C=O) groups excluding carboxylic acids is 1. The number of likely N-dealkylation sites (N-methyl/N-ethyl adjacent to an activating group) is 1. The third kappa shape index (κ3) is 3.46. The highest BCUT2D eigenvalue weighted by atomic mass is 35.5. The Balaban J connectivity index is 1.76. The number of benzene rings is 2. The molecular weight excluding hydrogens is 413 g/mol. The van der Waals surface area contributed by atoms with E-state index in [1.807, 2.05) is 36.4 Å². The van der Waals surface area contributed by atoms with Gasteiger partial charge in [0.25, 0.3) is 5.91 Å². The van der Waals surface area contributed by atoms with Gasteiger partial charge in [-0.25, -0.2) is 0 Å². The smallest absolute Gasteiger partial charge is 0.266 e. The van der Waals surface area contributed by atoms with Crippen molar-refractivity contribution in [1.82, 2.24) is 9.47 Å². The fraction of sp³-hybridized carbons (Fsp3) is 0.143. The summed E-state index contributed by atoms with van der Waals surface area (Å²) >= 11 is 13.6. The lowest BCUT2D eigenvalue weighted by molar-refractivity contribution is -0.121. The molecule has 4 rings (SSSR count). The molecule has 0 spiro atoms. The maximum absolute atomic E-state index is 12.5. The lowest BCUT2D eigenvalue weighted by Crippen LogP contribution is -2.23. The summed E-state index contributed by atoms with van der Waals surface area (Å²) in [6.07, 6.45) is 4.00. The molecule has 0 aliphatic carbocycles. The maximum atomic E-state index is 12.5. The van der Waals surface area contributed by atoms with E-state index in [0.29, 0.717) is 26.7 Å². The van der Waals surface area contributed by atoms with Gasteiger partial charge in [-0.3, -0.25) is 14.7 Å². The zero-order valence-electron chi connectivity index (χ0n) is 15.3. The number of aliphatic imine (C=N–C) groups is 1. The van der Waals surface area contributed by atoms with E-state index in [4.69, 9.17) is 23.2 Å². The van der Waals surface area contributed by atoms with Crippen LogP contribution in [0.25, 0.3) is 17.0 Å². The Morgan fingerprint density at radius 3 is 2.64 bits per heavy atom. The first-order valence-corrected chi connectivity index (χ1v) is 10.2. The molecule has 0 bridgehead atoms. The molecule has 1 aliphatic heterocycles. The molecular formula is C21H17Cl2N3OS. The van der Waals surface area contributed by atoms with Gasteiger partial charge in [-0.15, -0.1) is 0 Å². The van der Waals surface area contributed by atoms with Gasteiger partial charge in [0.1, 0.15) is 0 Å². The van der Waals surface area contributed by atoms with Crippen molar-refractivity contribution in [1.29, 1.82) is 0 Å². The van der Waals surface area contributed by atoms with Gasteiger partial charge in [0.05, 0.1) is 15.0 Å². The molecule has 4 nitrogen and oxygen atoms in total. The Morgan fingerprint density at radius 2 is 1.93 bits per heavy atom. The second kappa shape index (κ2) is 7.66. The highest BCUT2D eigenvalue weighted by Gasteiger charge is 2.30. The van der Waals surface area contributed by atoms with Crippen molar-refractivity contribution in [3.8, 4) is 0 Å². The average molecular weight is 430 g/mol. The van der Waals surface area contributed by atoms with Crippen LogP contribution in [0.3, 0.4) is 0 Å². The van der Waals surface area contributed by atoms with Gasteiger partial charge in [0, 0.05) is 43.3 Å². The molecule has 1 saturated heterocycles. The van der Waals surface area contributed by atoms with Crippen molar-refractivity contribution in [3.63, 3.8) is 0 Å². The van der Waals surface area contributed by atoms with Gasteiger partial charge in [-0.05, 0) is 41.6 Å². The van der Waals surface area contributed by atoms with E-state index in [1.54, 1.807) is 19.0 Å². The number of hydrogen-bond acceptors (Lipinski definition) is 3. The summed E-state index contributed by atoms with van der Waals surface area (Å²) < 4.78 is 2.16. The number of fused-ring (bicyclic) bond motifs is 1. The van der Waals surface area contributed by atoms with Crippen molar-refractivity contribution in [2.75, 3.05) is 14.1 Å². The summed E-state index contributed by atoms with van der Waals surface area (Å²) in [6, 6.07) is 13.8. The molecule has 0 radical (unpaired) electrons. The molecule has 2 aromatic carbocycles. The van der Waals surface area contributed by atoms with Crippen molar-refractivity contribution in [2.45, 2.75) is 6.54 Å². The first-order valence-electron chi connectivity index (χ1n) is 8.64. The van der Waals surface area contributed by atoms with Crippen LogP contribution >= 0.6 is 35.0 Å². The second-order valence-electron chi connectivity index (χ2n) is 6.46. The molecule has 7 heteroatoms. The van der Waals surface area contributed by atoms with E-state index in [9.17, 15) is 4.79 Å². The summed E-state index contributed by atoms with van der Waals surface area (Å²) in [5, 5.41) is 2.88. The van der Waals surface area contributed by atoms with Crippen molar-refractivity contribution < 1.29 is 4.79 Å². The van der Waals surface area contributed by atoms with E-state index in [2.05, 4.69) is 27.9 Å². The fourth-order valence-corrected chi connectivity index (χ4v) is 4.49. The fourth-order valence-electron chi connectivity index (χ4n) is 3.25. The lowest BCUT2D eigenvalue weighted by atomic mass is 10.1. The molecule has 0 atom stereocenters. The first-order chi connectivity index (χ1) is 13.5. The molecule has 1 amide bonds. The zero-order valence-corrected chi connectivity index (χ0v) is 17.6. The van der Waals surface area contributed by atoms with E-state index >= 15 is 0 Å². The van der Waals surface area contributed by atoms with Gasteiger partial charge >= 0.3 is 0 Å². The first kappa shape index (κ1) is 19.1. The Kier molecular flexibility index (Phi) is 5.23. The minimum Gasteiger partial charge on any atom is -0.342 e. The number of para-hydroxylation sites is 1. The molecule has 1 aliphatic rings. The predicted octanol–water partition coefficient (Wildman–Crippen LogP) is 5.53. The Hall–Kier alpha value is -2.21. The highest BCUT2D eigenvalue weighted by Crippen LogP contribution is 2.33. The van der Waals surface area contributed by atoms with Crippen LogP contribution in [0.1, 0.15) is 11.1 Å². The zero-order chi connectivity index (χ0) is 19.8. The minimum atomic E-state index is -0.0353. The number of thioether (sulfide) groups is 1. The van der Waals surface area contributed by atoms with E-state index < -0.39 is 0 Å². The van der Waals surface area contributed by atoms with Crippen LogP contribution in [-0.2, 0) is 11.3 Å². The summed E-state index contributed by atoms with van der Waals surface area (Å²) in [6.45, 7) is 0.656. The SMILES string of the molecule is CN=C1S/C(=C\c2cn(Cc3ccc(Cl)c(Cl)c3)c3ccccc23)C(=O)N1C. The molecule has 0 unspecified atom stereocenters. The number of nitrogens with zero attached hydrogens (tertiary/aromatic N) is 3. The normalized spacial score (nSPS) is 17.4. The number of carbonyl (C=O) groups is 1. The summed E-state index contributed by atoms with van der Waals surface area (Å²) in [7, 11) is 3.43. The van der Waals surface area contributed by atoms with Crippen LogP contribution in [0.4, 0.5) is 0 Å². The van der Waals surface area contributed by atoms with Crippen molar-refractivity contribution >= 4 is 63.0 Å². The van der Waals surface area contributed by atoms with Crippen LogP contribution < -0.4 is 0 Å². The van der Waals surface area contributed by atoms with E-state index in [0.717, 1.165) is 22.0 Å². The van der Waals surface area contributed by atoms with Gasteiger partial charge in [0.2, 0.25) is 0 Å². The molecule has 2 heterocycles. The molecule has 1 aromatic heterocycles. The minimum absolute atomic E-state index is 0.0353. The molecule has 1 fully saturated rings. The van der Waals surface area contributed by atoms with Crippen LogP contribution in [0.2, 0.25) is 10.0 Å². The quantitative estimate of drug-likeness (QED) is 0.513. The molecule has 0 saturated carbocycles. The average Bonchev–Trinajstić information content (AvgIpc) is 3.17. The third-order valence-electron chi connectivity index (χ3n) is 4.64. The summed E-state index contributed by atoms with van der Waals surface area (Å²) in [5.41, 5.74) is 3.15. The lowest BCUT2D eigenvalue weighted by Gasteiger charge is -2.06. The number of amidine groups is 1. The Bertz CT molecular complexity index is 1150. The molecule has 28 heavy (non-hydrogen) atoms. The van der Waals surface area contributed by atoms with Gasteiger partial charge < -0.3 is 4.57 Å².